The third kappa shape index (κ3) is 2.17. The number of carbonyl (C=O) groups excluding carboxylic acids is 1. The summed E-state index contributed by atoms with van der Waals surface area (Å²) in [5.74, 6) is -0.245. The van der Waals surface area contributed by atoms with Gasteiger partial charge >= 0.3 is 0 Å². The van der Waals surface area contributed by atoms with Crippen LogP contribution in [0.3, 0.4) is 0 Å². The van der Waals surface area contributed by atoms with Crippen LogP contribution in [0.4, 0.5) is 0 Å². The lowest BCUT2D eigenvalue weighted by Gasteiger charge is -2.00. The Kier molecular flexibility index (Phi) is 3.00. The summed E-state index contributed by atoms with van der Waals surface area (Å²) in [6, 6.07) is 4.71. The smallest absolute Gasteiger partial charge is 0.215 e. The summed E-state index contributed by atoms with van der Waals surface area (Å²) in [5, 5.41) is 6.07. The largest absolute Gasteiger partial charge is 0.287 e. The van der Waals surface area contributed by atoms with Gasteiger partial charge in [-0.3, -0.25) is 4.79 Å². The molecule has 3 nitrogen and oxygen atoms in total. The summed E-state index contributed by atoms with van der Waals surface area (Å²) in [7, 11) is 0. The number of ketones is 1. The Morgan fingerprint density at radius 2 is 2.13 bits per heavy atom. The van der Waals surface area contributed by atoms with Gasteiger partial charge < -0.3 is 0 Å². The molecule has 1 aromatic heterocycles. The second-order valence-electron chi connectivity index (χ2n) is 2.74. The minimum absolute atomic E-state index is 0.245. The fraction of sp³-hybridized carbons (Fsp3) is 0. The van der Waals surface area contributed by atoms with Crippen LogP contribution < -0.4 is 0 Å². The number of halogens is 2. The van der Waals surface area contributed by atoms with Crippen LogP contribution >= 0.6 is 34.7 Å². The Morgan fingerprint density at radius 3 is 2.73 bits per heavy atom. The van der Waals surface area contributed by atoms with Crippen LogP contribution in [0, 0.1) is 0 Å². The fourth-order valence-electron chi connectivity index (χ4n) is 1.08. The highest BCUT2D eigenvalue weighted by atomic mass is 35.5. The molecule has 0 spiro atoms. The molecule has 0 unspecified atom stereocenters. The maximum Gasteiger partial charge on any atom is 0.215 e. The maximum absolute atomic E-state index is 11.8. The third-order valence-corrected chi connectivity index (χ3v) is 2.82. The van der Waals surface area contributed by atoms with E-state index in [2.05, 4.69) is 9.59 Å². The molecule has 0 saturated carbocycles. The Bertz CT molecular complexity index is 499. The monoisotopic (exact) mass is 258 g/mol. The Morgan fingerprint density at radius 1 is 1.33 bits per heavy atom. The molecule has 0 saturated heterocycles. The quantitative estimate of drug-likeness (QED) is 0.778. The lowest BCUT2D eigenvalue weighted by atomic mass is 10.1. The van der Waals surface area contributed by atoms with Crippen LogP contribution in [0.2, 0.25) is 10.0 Å². The topological polar surface area (TPSA) is 42.9 Å². The van der Waals surface area contributed by atoms with Crippen LogP contribution in [-0.2, 0) is 0 Å². The van der Waals surface area contributed by atoms with Crippen LogP contribution in [0.15, 0.2) is 23.6 Å². The highest BCUT2D eigenvalue weighted by molar-refractivity contribution is 7.03. The molecule has 0 aliphatic carbocycles. The van der Waals surface area contributed by atoms with E-state index < -0.39 is 0 Å². The lowest BCUT2D eigenvalue weighted by molar-refractivity contribution is 0.103. The molecular formula is C9H4Cl2N2OS. The molecule has 76 valence electrons. The summed E-state index contributed by atoms with van der Waals surface area (Å²) >= 11 is 12.7. The molecule has 1 heterocycles. The van der Waals surface area contributed by atoms with Gasteiger partial charge in [0.15, 0.2) is 0 Å². The van der Waals surface area contributed by atoms with Gasteiger partial charge in [-0.2, -0.15) is 0 Å². The van der Waals surface area contributed by atoms with Gasteiger partial charge in [-0.15, -0.1) is 5.10 Å². The number of rotatable bonds is 2. The molecule has 15 heavy (non-hydrogen) atoms. The standard InChI is InChI=1S/C9H4Cl2N2OS/c10-5-1-2-6(7(11)3-5)9(14)8-4-15-13-12-8/h1-4H. The molecule has 0 radical (unpaired) electrons. The SMILES string of the molecule is O=C(c1csnn1)c1ccc(Cl)cc1Cl. The molecule has 6 heteroatoms. The van der Waals surface area contributed by atoms with Crippen LogP contribution in [0.1, 0.15) is 16.1 Å². The number of hydrogen-bond donors (Lipinski definition) is 0. The van der Waals surface area contributed by atoms with E-state index in [1.54, 1.807) is 17.5 Å². The zero-order valence-corrected chi connectivity index (χ0v) is 9.60. The van der Waals surface area contributed by atoms with Crippen molar-refractivity contribution in [3.63, 3.8) is 0 Å². The van der Waals surface area contributed by atoms with Crippen molar-refractivity contribution in [1.82, 2.24) is 9.59 Å². The van der Waals surface area contributed by atoms with Crippen molar-refractivity contribution in [2.24, 2.45) is 0 Å². The molecule has 0 atom stereocenters. The Balaban J connectivity index is 2.42. The van der Waals surface area contributed by atoms with Gasteiger partial charge in [-0.05, 0) is 29.7 Å². The maximum atomic E-state index is 11.8. The van der Waals surface area contributed by atoms with Crippen molar-refractivity contribution in [3.05, 3.63) is 44.9 Å². The predicted molar refractivity (Wildman–Crippen MR) is 59.8 cm³/mol. The Labute approximate surface area is 99.8 Å². The van der Waals surface area contributed by atoms with Crippen molar-refractivity contribution in [1.29, 1.82) is 0 Å². The Hall–Kier alpha value is -0.970. The molecule has 0 N–H and O–H groups in total. The summed E-state index contributed by atoms with van der Waals surface area (Å²) < 4.78 is 3.62. The van der Waals surface area contributed by atoms with E-state index >= 15 is 0 Å². The first-order valence-corrected chi connectivity index (χ1v) is 5.54. The van der Waals surface area contributed by atoms with Crippen molar-refractivity contribution < 1.29 is 4.79 Å². The molecule has 1 aromatic carbocycles. The first-order chi connectivity index (χ1) is 7.18. The molecule has 2 aromatic rings. The first-order valence-electron chi connectivity index (χ1n) is 3.95. The average Bonchev–Trinajstić information content (AvgIpc) is 2.69. The highest BCUT2D eigenvalue weighted by Gasteiger charge is 2.15. The van der Waals surface area contributed by atoms with E-state index in [1.807, 2.05) is 0 Å². The molecule has 2 rings (SSSR count). The summed E-state index contributed by atoms with van der Waals surface area (Å²) in [4.78, 5) is 11.8. The predicted octanol–water partition coefficient (Wildman–Crippen LogP) is 3.08. The van der Waals surface area contributed by atoms with Gasteiger partial charge in [0.1, 0.15) is 5.69 Å². The van der Waals surface area contributed by atoms with Gasteiger partial charge in [0.25, 0.3) is 0 Å². The van der Waals surface area contributed by atoms with Gasteiger partial charge in [0.2, 0.25) is 5.78 Å². The first kappa shape index (κ1) is 10.5. The van der Waals surface area contributed by atoms with Crippen molar-refractivity contribution >= 4 is 40.5 Å². The van der Waals surface area contributed by atoms with Crippen LogP contribution in [0.5, 0.6) is 0 Å². The van der Waals surface area contributed by atoms with Gasteiger partial charge in [0.05, 0.1) is 5.02 Å². The normalized spacial score (nSPS) is 10.3. The van der Waals surface area contributed by atoms with Crippen LogP contribution in [-0.4, -0.2) is 15.4 Å². The van der Waals surface area contributed by atoms with E-state index in [9.17, 15) is 4.79 Å². The summed E-state index contributed by atoms with van der Waals surface area (Å²) in [6.45, 7) is 0. The molecular weight excluding hydrogens is 255 g/mol. The number of hydrogen-bond acceptors (Lipinski definition) is 4. The van der Waals surface area contributed by atoms with E-state index in [1.165, 1.54) is 6.07 Å². The van der Waals surface area contributed by atoms with Crippen LogP contribution in [0.25, 0.3) is 0 Å². The minimum atomic E-state index is -0.245. The van der Waals surface area contributed by atoms with Gasteiger partial charge in [-0.1, -0.05) is 27.7 Å². The second-order valence-corrected chi connectivity index (χ2v) is 4.20. The van der Waals surface area contributed by atoms with E-state index in [0.29, 0.717) is 21.3 Å². The van der Waals surface area contributed by atoms with Crippen molar-refractivity contribution in [3.8, 4) is 0 Å². The van der Waals surface area contributed by atoms with E-state index in [4.69, 9.17) is 23.2 Å². The molecule has 0 bridgehead atoms. The fourth-order valence-corrected chi connectivity index (χ4v) is 2.01. The van der Waals surface area contributed by atoms with E-state index in [-0.39, 0.29) is 5.78 Å². The van der Waals surface area contributed by atoms with E-state index in [0.717, 1.165) is 11.5 Å². The van der Waals surface area contributed by atoms with Crippen molar-refractivity contribution in [2.75, 3.05) is 0 Å². The number of nitrogens with zero attached hydrogens (tertiary/aromatic N) is 2. The zero-order chi connectivity index (χ0) is 10.8. The zero-order valence-electron chi connectivity index (χ0n) is 7.28. The molecule has 0 aliphatic rings. The molecule has 0 fully saturated rings. The third-order valence-electron chi connectivity index (χ3n) is 1.77. The van der Waals surface area contributed by atoms with Crippen molar-refractivity contribution in [2.45, 2.75) is 0 Å². The highest BCUT2D eigenvalue weighted by Crippen LogP contribution is 2.23. The molecule has 0 aliphatic heterocycles. The molecule has 0 amide bonds. The average molecular weight is 259 g/mol. The number of carbonyl (C=O) groups is 1. The lowest BCUT2D eigenvalue weighted by Crippen LogP contribution is -2.02. The number of aromatic nitrogens is 2. The summed E-state index contributed by atoms with van der Waals surface area (Å²) in [5.41, 5.74) is 0.679. The number of benzene rings is 1. The summed E-state index contributed by atoms with van der Waals surface area (Å²) in [6.07, 6.45) is 0. The minimum Gasteiger partial charge on any atom is -0.287 e. The second kappa shape index (κ2) is 4.26. The van der Waals surface area contributed by atoms with Gasteiger partial charge in [-0.25, -0.2) is 0 Å². The van der Waals surface area contributed by atoms with Gasteiger partial charge in [0, 0.05) is 16.0 Å².